The number of nitrogens with zero attached hydrogens (tertiary/aromatic N) is 4. The largest absolute Gasteiger partial charge is 0.497 e. The fraction of sp³-hybridized carbons (Fsp3) is 0.324. The highest BCUT2D eigenvalue weighted by molar-refractivity contribution is 5.98. The average molecular weight is 616 g/mol. The van der Waals surface area contributed by atoms with Crippen LogP contribution in [-0.4, -0.2) is 61.9 Å². The summed E-state index contributed by atoms with van der Waals surface area (Å²) < 4.78 is 37.7. The third kappa shape index (κ3) is 7.61. The number of halogens is 1. The van der Waals surface area contributed by atoms with Crippen LogP contribution in [0.1, 0.15) is 24.0 Å². The highest BCUT2D eigenvalue weighted by Gasteiger charge is 2.27. The molecule has 0 aliphatic carbocycles. The van der Waals surface area contributed by atoms with Gasteiger partial charge in [-0.15, -0.1) is 0 Å². The molecule has 1 aliphatic heterocycles. The number of carbonyl (C=O) groups is 1. The van der Waals surface area contributed by atoms with Crippen LogP contribution >= 0.6 is 0 Å². The standard InChI is InChI=1S/C34H38FN5O5/c1-22-8-6-9-23(2)32(22)45-34(41)40(28-13-12-26(42-4)19-30(28)43-5)31-15-16-36-33(38-31)37-25-11-14-29(27(35)18-25)44-21-24-10-7-17-39(3)20-24/h6,8-9,11-16,18-19,24H,7,10,17,20-21H2,1-5H3,(H,36,37,38). The number of anilines is 4. The Balaban J connectivity index is 1.40. The molecule has 45 heavy (non-hydrogen) atoms. The van der Waals surface area contributed by atoms with Gasteiger partial charge in [-0.1, -0.05) is 18.2 Å². The molecule has 1 unspecified atom stereocenters. The second-order valence-electron chi connectivity index (χ2n) is 11.1. The van der Waals surface area contributed by atoms with Gasteiger partial charge in [0.2, 0.25) is 5.95 Å². The smallest absolute Gasteiger partial charge is 0.425 e. The number of nitrogens with one attached hydrogen (secondary N) is 1. The number of methoxy groups -OCH3 is 2. The van der Waals surface area contributed by atoms with Gasteiger partial charge in [0.05, 0.1) is 26.5 Å². The number of carbonyl (C=O) groups excluding carboxylic acids is 1. The van der Waals surface area contributed by atoms with Crippen LogP contribution in [0.4, 0.5) is 32.3 Å². The van der Waals surface area contributed by atoms with E-state index < -0.39 is 11.9 Å². The van der Waals surface area contributed by atoms with Crippen LogP contribution < -0.4 is 29.2 Å². The van der Waals surface area contributed by atoms with E-state index in [2.05, 4.69) is 27.2 Å². The molecule has 3 aromatic carbocycles. The molecule has 1 N–H and O–H groups in total. The van der Waals surface area contributed by atoms with Gasteiger partial charge >= 0.3 is 6.09 Å². The van der Waals surface area contributed by atoms with E-state index in [0.29, 0.717) is 41.1 Å². The lowest BCUT2D eigenvalue weighted by atomic mass is 10.00. The predicted octanol–water partition coefficient (Wildman–Crippen LogP) is 7.05. The summed E-state index contributed by atoms with van der Waals surface area (Å²) in [5.41, 5.74) is 2.39. The Bertz CT molecular complexity index is 1630. The lowest BCUT2D eigenvalue weighted by Crippen LogP contribution is -2.34. The van der Waals surface area contributed by atoms with Crippen LogP contribution in [0, 0.1) is 25.6 Å². The van der Waals surface area contributed by atoms with Crippen molar-refractivity contribution in [3.05, 3.63) is 83.8 Å². The van der Waals surface area contributed by atoms with Crippen molar-refractivity contribution in [1.29, 1.82) is 0 Å². The fourth-order valence-corrected chi connectivity index (χ4v) is 5.35. The van der Waals surface area contributed by atoms with E-state index in [1.54, 1.807) is 43.5 Å². The third-order valence-electron chi connectivity index (χ3n) is 7.66. The number of ether oxygens (including phenoxy) is 4. The van der Waals surface area contributed by atoms with Gasteiger partial charge in [-0.2, -0.15) is 4.98 Å². The van der Waals surface area contributed by atoms with Crippen molar-refractivity contribution in [2.75, 3.05) is 51.2 Å². The number of aryl methyl sites for hydroxylation is 2. The molecule has 1 atom stereocenters. The van der Waals surface area contributed by atoms with E-state index in [-0.39, 0.29) is 17.5 Å². The van der Waals surface area contributed by atoms with Crippen LogP contribution in [0.15, 0.2) is 66.9 Å². The zero-order valence-corrected chi connectivity index (χ0v) is 26.2. The predicted molar refractivity (Wildman–Crippen MR) is 171 cm³/mol. The van der Waals surface area contributed by atoms with Crippen molar-refractivity contribution in [2.24, 2.45) is 5.92 Å². The molecule has 1 aliphatic rings. The summed E-state index contributed by atoms with van der Waals surface area (Å²) in [4.78, 5) is 26.3. The van der Waals surface area contributed by atoms with Crippen LogP contribution in [0.3, 0.4) is 0 Å². The molecule has 0 spiro atoms. The molecule has 236 valence electrons. The molecule has 1 fully saturated rings. The Kier molecular flexibility index (Phi) is 9.99. The summed E-state index contributed by atoms with van der Waals surface area (Å²) in [5, 5.41) is 3.03. The number of para-hydroxylation sites is 1. The normalized spacial score (nSPS) is 14.8. The quantitative estimate of drug-likeness (QED) is 0.201. The van der Waals surface area contributed by atoms with Gasteiger partial charge in [-0.25, -0.2) is 19.1 Å². The van der Waals surface area contributed by atoms with E-state index in [0.717, 1.165) is 37.1 Å². The maximum Gasteiger partial charge on any atom is 0.425 e. The summed E-state index contributed by atoms with van der Waals surface area (Å²) in [5.74, 6) is 1.75. The highest BCUT2D eigenvalue weighted by atomic mass is 19.1. The molecule has 0 bridgehead atoms. The van der Waals surface area contributed by atoms with Crippen molar-refractivity contribution in [3.63, 3.8) is 0 Å². The first-order valence-corrected chi connectivity index (χ1v) is 14.8. The number of amides is 1. The number of piperidine rings is 1. The summed E-state index contributed by atoms with van der Waals surface area (Å²) in [6.45, 7) is 6.21. The van der Waals surface area contributed by atoms with Gasteiger partial charge < -0.3 is 29.2 Å². The molecule has 1 amide bonds. The van der Waals surface area contributed by atoms with Crippen molar-refractivity contribution >= 4 is 29.2 Å². The topological polar surface area (TPSA) is 98.3 Å². The first kappa shape index (κ1) is 31.5. The number of aromatic nitrogens is 2. The monoisotopic (exact) mass is 615 g/mol. The minimum absolute atomic E-state index is 0.142. The number of hydrogen-bond acceptors (Lipinski definition) is 9. The molecule has 0 saturated carbocycles. The Morgan fingerprint density at radius 2 is 1.84 bits per heavy atom. The van der Waals surface area contributed by atoms with Crippen LogP contribution in [-0.2, 0) is 0 Å². The SMILES string of the molecule is COc1ccc(N(C(=O)Oc2c(C)cccc2C)c2ccnc(Nc3ccc(OCC4CCCN(C)C4)c(F)c3)n2)c(OC)c1. The molecule has 0 radical (unpaired) electrons. The Morgan fingerprint density at radius 3 is 2.56 bits per heavy atom. The van der Waals surface area contributed by atoms with Gasteiger partial charge in [0.25, 0.3) is 0 Å². The average Bonchev–Trinajstić information content (AvgIpc) is 3.03. The molecule has 1 saturated heterocycles. The van der Waals surface area contributed by atoms with E-state index in [4.69, 9.17) is 18.9 Å². The maximum atomic E-state index is 15.0. The third-order valence-corrected chi connectivity index (χ3v) is 7.66. The van der Waals surface area contributed by atoms with Gasteiger partial charge in [0.1, 0.15) is 23.1 Å². The maximum absolute atomic E-state index is 15.0. The molecule has 11 heteroatoms. The number of benzene rings is 3. The summed E-state index contributed by atoms with van der Waals surface area (Å²) in [6, 6.07) is 16.9. The van der Waals surface area contributed by atoms with Gasteiger partial charge in [-0.3, -0.25) is 0 Å². The summed E-state index contributed by atoms with van der Waals surface area (Å²) in [6.07, 6.45) is 2.96. The summed E-state index contributed by atoms with van der Waals surface area (Å²) >= 11 is 0. The Labute approximate surface area is 262 Å². The van der Waals surface area contributed by atoms with Gasteiger partial charge in [0.15, 0.2) is 11.6 Å². The minimum atomic E-state index is -0.711. The fourth-order valence-electron chi connectivity index (χ4n) is 5.35. The first-order valence-electron chi connectivity index (χ1n) is 14.8. The van der Waals surface area contributed by atoms with Crippen LogP contribution in [0.5, 0.6) is 23.0 Å². The van der Waals surface area contributed by atoms with E-state index in [1.165, 1.54) is 24.3 Å². The second-order valence-corrected chi connectivity index (χ2v) is 11.1. The molecule has 5 rings (SSSR count). The zero-order valence-electron chi connectivity index (χ0n) is 26.2. The molecular weight excluding hydrogens is 577 g/mol. The molecule has 1 aromatic heterocycles. The lowest BCUT2D eigenvalue weighted by molar-refractivity contribution is 0.147. The van der Waals surface area contributed by atoms with Crippen molar-refractivity contribution in [2.45, 2.75) is 26.7 Å². The number of hydrogen-bond donors (Lipinski definition) is 1. The van der Waals surface area contributed by atoms with E-state index in [1.807, 2.05) is 32.0 Å². The van der Waals surface area contributed by atoms with Crippen molar-refractivity contribution in [3.8, 4) is 23.0 Å². The number of rotatable bonds is 10. The van der Waals surface area contributed by atoms with E-state index >= 15 is 4.39 Å². The first-order chi connectivity index (χ1) is 21.7. The van der Waals surface area contributed by atoms with E-state index in [9.17, 15) is 4.79 Å². The van der Waals surface area contributed by atoms with Crippen molar-refractivity contribution in [1.82, 2.24) is 14.9 Å². The molecular formula is C34H38FN5O5. The lowest BCUT2D eigenvalue weighted by Gasteiger charge is -2.29. The van der Waals surface area contributed by atoms with Gasteiger partial charge in [0, 0.05) is 42.5 Å². The van der Waals surface area contributed by atoms with Crippen LogP contribution in [0.2, 0.25) is 0 Å². The number of likely N-dealkylation sites (tertiary alicyclic amines) is 1. The molecule has 10 nitrogen and oxygen atoms in total. The Hall–Kier alpha value is -4.90. The minimum Gasteiger partial charge on any atom is -0.497 e. The van der Waals surface area contributed by atoms with Crippen LogP contribution in [0.25, 0.3) is 0 Å². The molecule has 2 heterocycles. The second kappa shape index (κ2) is 14.3. The van der Waals surface area contributed by atoms with Crippen molar-refractivity contribution < 1.29 is 28.1 Å². The molecule has 4 aromatic rings. The van der Waals surface area contributed by atoms with Gasteiger partial charge in [-0.05, 0) is 75.7 Å². The highest BCUT2D eigenvalue weighted by Crippen LogP contribution is 2.37. The zero-order chi connectivity index (χ0) is 31.9. The summed E-state index contributed by atoms with van der Waals surface area (Å²) in [7, 11) is 5.13. The Morgan fingerprint density at radius 1 is 1.04 bits per heavy atom.